The van der Waals surface area contributed by atoms with Crippen molar-refractivity contribution in [3.63, 3.8) is 0 Å². The fraction of sp³-hybridized carbons (Fsp3) is 0.611. The van der Waals surface area contributed by atoms with E-state index in [0.717, 1.165) is 70.1 Å². The number of aliphatic imine (C=N–C) groups is 1. The molecule has 0 aromatic heterocycles. The lowest BCUT2D eigenvalue weighted by Gasteiger charge is -2.11. The second-order valence-corrected chi connectivity index (χ2v) is 5.62. The number of nitrogens with zero attached hydrogens (tertiary/aromatic N) is 2. The van der Waals surface area contributed by atoms with E-state index in [2.05, 4.69) is 15.6 Å². The van der Waals surface area contributed by atoms with Crippen molar-refractivity contribution in [1.29, 1.82) is 0 Å². The quantitative estimate of drug-likeness (QED) is 0.120. The van der Waals surface area contributed by atoms with Crippen molar-refractivity contribution in [3.8, 4) is 0 Å². The number of aryl methyl sites for hydroxylation is 1. The van der Waals surface area contributed by atoms with Crippen LogP contribution in [0.5, 0.6) is 0 Å². The Hall–Kier alpha value is -1.42. The van der Waals surface area contributed by atoms with E-state index in [1.54, 1.807) is 12.1 Å². The third kappa shape index (κ3) is 11.2. The number of guanidine groups is 1. The van der Waals surface area contributed by atoms with E-state index in [1.165, 1.54) is 0 Å². The first-order valence-electron chi connectivity index (χ1n) is 9.00. The van der Waals surface area contributed by atoms with Crippen molar-refractivity contribution in [1.82, 2.24) is 10.6 Å². The molecular formula is C18H31IN4O3. The molecule has 0 heterocycles. The van der Waals surface area contributed by atoms with E-state index < -0.39 is 0 Å². The van der Waals surface area contributed by atoms with E-state index >= 15 is 0 Å². The van der Waals surface area contributed by atoms with Crippen LogP contribution in [-0.2, 0) is 11.2 Å². The number of nitro benzene ring substituents is 1. The molecule has 0 amide bonds. The lowest BCUT2D eigenvalue weighted by atomic mass is 10.1. The first-order chi connectivity index (χ1) is 12.2. The summed E-state index contributed by atoms with van der Waals surface area (Å²) in [5, 5.41) is 17.2. The van der Waals surface area contributed by atoms with Crippen LogP contribution in [-0.4, -0.2) is 43.7 Å². The van der Waals surface area contributed by atoms with Crippen LogP contribution in [0.2, 0.25) is 0 Å². The number of unbranched alkanes of at least 4 members (excludes halogenated alkanes) is 1. The van der Waals surface area contributed by atoms with E-state index in [9.17, 15) is 10.1 Å². The van der Waals surface area contributed by atoms with Crippen molar-refractivity contribution in [2.45, 2.75) is 39.5 Å². The van der Waals surface area contributed by atoms with Crippen molar-refractivity contribution >= 4 is 35.6 Å². The van der Waals surface area contributed by atoms with Crippen LogP contribution in [0.1, 0.15) is 38.7 Å². The van der Waals surface area contributed by atoms with Gasteiger partial charge in [-0.1, -0.05) is 12.1 Å². The number of hydrogen-bond donors (Lipinski definition) is 2. The molecule has 0 atom stereocenters. The second-order valence-electron chi connectivity index (χ2n) is 5.62. The molecule has 0 aliphatic rings. The average Bonchev–Trinajstić information content (AvgIpc) is 2.61. The molecule has 7 nitrogen and oxygen atoms in total. The monoisotopic (exact) mass is 478 g/mol. The number of hydrogen-bond acceptors (Lipinski definition) is 4. The fourth-order valence-electron chi connectivity index (χ4n) is 2.29. The minimum Gasteiger partial charge on any atom is -0.382 e. The van der Waals surface area contributed by atoms with E-state index in [4.69, 9.17) is 4.74 Å². The van der Waals surface area contributed by atoms with Gasteiger partial charge in [-0.25, -0.2) is 0 Å². The summed E-state index contributed by atoms with van der Waals surface area (Å²) in [6, 6.07) is 6.78. The Morgan fingerprint density at radius 2 is 1.88 bits per heavy atom. The number of nitrogens with one attached hydrogen (secondary N) is 2. The van der Waals surface area contributed by atoms with Crippen molar-refractivity contribution in [2.24, 2.45) is 4.99 Å². The summed E-state index contributed by atoms with van der Waals surface area (Å²) >= 11 is 0. The number of non-ortho nitro benzene ring substituents is 1. The van der Waals surface area contributed by atoms with E-state index in [-0.39, 0.29) is 34.6 Å². The van der Waals surface area contributed by atoms with Gasteiger partial charge in [-0.2, -0.15) is 0 Å². The summed E-state index contributed by atoms with van der Waals surface area (Å²) in [5.74, 6) is 0.842. The first kappa shape index (κ1) is 24.6. The standard InChI is InChI=1S/C18H30N4O3.HI/c1-3-19-18(21-14-7-15-25-4-2)20-13-6-5-8-16-9-11-17(12-10-16)22(23)24;/h9-12H,3-8,13-15H2,1-2H3,(H2,19,20,21);1H. The molecule has 1 aromatic rings. The van der Waals surface area contributed by atoms with Gasteiger partial charge in [0, 0.05) is 45.0 Å². The molecular weight excluding hydrogens is 447 g/mol. The molecule has 26 heavy (non-hydrogen) atoms. The van der Waals surface area contributed by atoms with Gasteiger partial charge < -0.3 is 15.4 Å². The number of rotatable bonds is 12. The molecule has 0 aliphatic carbocycles. The molecule has 0 saturated carbocycles. The minimum atomic E-state index is -0.371. The van der Waals surface area contributed by atoms with E-state index in [0.29, 0.717) is 0 Å². The van der Waals surface area contributed by atoms with Gasteiger partial charge in [0.2, 0.25) is 0 Å². The predicted octanol–water partition coefficient (Wildman–Crippen LogP) is 3.52. The molecule has 0 spiro atoms. The Bertz CT molecular complexity index is 524. The molecule has 0 fully saturated rings. The summed E-state index contributed by atoms with van der Waals surface area (Å²) in [6.07, 6.45) is 3.88. The SMILES string of the molecule is CCNC(=NCCCOCC)NCCCCc1ccc([N+](=O)[O-])cc1.I. The van der Waals surface area contributed by atoms with Crippen LogP contribution in [0.3, 0.4) is 0 Å². The van der Waals surface area contributed by atoms with Gasteiger partial charge in [0.1, 0.15) is 0 Å². The van der Waals surface area contributed by atoms with Crippen LogP contribution >= 0.6 is 24.0 Å². The van der Waals surface area contributed by atoms with Gasteiger partial charge in [-0.15, -0.1) is 24.0 Å². The highest BCUT2D eigenvalue weighted by Crippen LogP contribution is 2.13. The van der Waals surface area contributed by atoms with Gasteiger partial charge in [0.05, 0.1) is 4.92 Å². The lowest BCUT2D eigenvalue weighted by molar-refractivity contribution is -0.384. The highest BCUT2D eigenvalue weighted by atomic mass is 127. The zero-order chi connectivity index (χ0) is 18.3. The molecule has 2 N–H and O–H groups in total. The Kier molecular flexibility index (Phi) is 14.9. The zero-order valence-electron chi connectivity index (χ0n) is 15.7. The first-order valence-corrected chi connectivity index (χ1v) is 9.00. The van der Waals surface area contributed by atoms with E-state index in [1.807, 2.05) is 26.0 Å². The maximum absolute atomic E-state index is 10.6. The smallest absolute Gasteiger partial charge is 0.269 e. The molecule has 1 rings (SSSR count). The molecule has 1 aromatic carbocycles. The molecule has 0 saturated heterocycles. The highest BCUT2D eigenvalue weighted by Gasteiger charge is 2.03. The van der Waals surface area contributed by atoms with Gasteiger partial charge in [-0.05, 0) is 45.1 Å². The van der Waals surface area contributed by atoms with Crippen LogP contribution in [0.4, 0.5) is 5.69 Å². The number of nitro groups is 1. The Labute approximate surface area is 173 Å². The van der Waals surface area contributed by atoms with Gasteiger partial charge in [-0.3, -0.25) is 15.1 Å². The third-order valence-electron chi connectivity index (χ3n) is 3.60. The van der Waals surface area contributed by atoms with Gasteiger partial charge in [0.25, 0.3) is 5.69 Å². The Morgan fingerprint density at radius 3 is 2.50 bits per heavy atom. The summed E-state index contributed by atoms with van der Waals surface area (Å²) in [7, 11) is 0. The molecule has 148 valence electrons. The fourth-order valence-corrected chi connectivity index (χ4v) is 2.29. The predicted molar refractivity (Wildman–Crippen MR) is 117 cm³/mol. The molecule has 0 aliphatic heterocycles. The lowest BCUT2D eigenvalue weighted by Crippen LogP contribution is -2.37. The number of halogens is 1. The molecule has 0 bridgehead atoms. The largest absolute Gasteiger partial charge is 0.382 e. The maximum atomic E-state index is 10.6. The normalized spacial score (nSPS) is 10.9. The molecule has 0 radical (unpaired) electrons. The summed E-state index contributed by atoms with van der Waals surface area (Å²) in [6.45, 7) is 7.96. The van der Waals surface area contributed by atoms with Crippen LogP contribution in [0, 0.1) is 10.1 Å². The van der Waals surface area contributed by atoms with Crippen molar-refractivity contribution in [2.75, 3.05) is 32.8 Å². The summed E-state index contributed by atoms with van der Waals surface area (Å²) in [4.78, 5) is 14.8. The summed E-state index contributed by atoms with van der Waals surface area (Å²) < 4.78 is 5.30. The van der Waals surface area contributed by atoms with Crippen LogP contribution < -0.4 is 10.6 Å². The summed E-state index contributed by atoms with van der Waals surface area (Å²) in [5.41, 5.74) is 1.27. The molecule has 0 unspecified atom stereocenters. The average molecular weight is 478 g/mol. The zero-order valence-corrected chi connectivity index (χ0v) is 18.0. The van der Waals surface area contributed by atoms with Crippen LogP contribution in [0.25, 0.3) is 0 Å². The van der Waals surface area contributed by atoms with Crippen molar-refractivity contribution < 1.29 is 9.66 Å². The van der Waals surface area contributed by atoms with Crippen LogP contribution in [0.15, 0.2) is 29.3 Å². The second kappa shape index (κ2) is 15.8. The Balaban J connectivity index is 0.00000625. The number of ether oxygens (including phenoxy) is 1. The van der Waals surface area contributed by atoms with Gasteiger partial charge >= 0.3 is 0 Å². The van der Waals surface area contributed by atoms with Crippen molar-refractivity contribution in [3.05, 3.63) is 39.9 Å². The number of benzene rings is 1. The maximum Gasteiger partial charge on any atom is 0.269 e. The Morgan fingerprint density at radius 1 is 1.15 bits per heavy atom. The topological polar surface area (TPSA) is 88.8 Å². The third-order valence-corrected chi connectivity index (χ3v) is 3.60. The minimum absolute atomic E-state index is 0. The van der Waals surface area contributed by atoms with Gasteiger partial charge in [0.15, 0.2) is 5.96 Å². The highest BCUT2D eigenvalue weighted by molar-refractivity contribution is 14.0. The molecule has 8 heteroatoms.